The van der Waals surface area contributed by atoms with Gasteiger partial charge in [-0.1, -0.05) is 19.1 Å². The van der Waals surface area contributed by atoms with E-state index in [0.29, 0.717) is 0 Å². The van der Waals surface area contributed by atoms with Gasteiger partial charge in [0.25, 0.3) is 5.91 Å². The Morgan fingerprint density at radius 2 is 2.25 bits per heavy atom. The van der Waals surface area contributed by atoms with Gasteiger partial charge < -0.3 is 11.1 Å². The maximum atomic E-state index is 11.9. The van der Waals surface area contributed by atoms with Gasteiger partial charge >= 0.3 is 0 Å². The molecule has 20 heavy (non-hydrogen) atoms. The summed E-state index contributed by atoms with van der Waals surface area (Å²) in [6, 6.07) is 8.03. The van der Waals surface area contributed by atoms with E-state index in [9.17, 15) is 4.79 Å². The van der Waals surface area contributed by atoms with Crippen LogP contribution in [0.5, 0.6) is 0 Å². The summed E-state index contributed by atoms with van der Waals surface area (Å²) in [5.74, 6) is 0.0159. The standard InChI is InChI=1S/C16H18N2OS/c1-2-10-6-8-20-15(10)14(17)12-4-3-11-5-7-18-16(19)13(11)9-12/h3-4,6,8-9,14H,2,5,7,17H2,1H3,(H,18,19). The molecule has 1 aliphatic rings. The van der Waals surface area contributed by atoms with Crippen LogP contribution in [0.2, 0.25) is 0 Å². The van der Waals surface area contributed by atoms with Gasteiger partial charge in [0.05, 0.1) is 6.04 Å². The molecule has 3 rings (SSSR count). The second-order valence-electron chi connectivity index (χ2n) is 5.06. The van der Waals surface area contributed by atoms with Gasteiger partial charge in [0.2, 0.25) is 0 Å². The van der Waals surface area contributed by atoms with Crippen LogP contribution in [0.1, 0.15) is 44.9 Å². The summed E-state index contributed by atoms with van der Waals surface area (Å²) >= 11 is 1.69. The first-order valence-electron chi connectivity index (χ1n) is 6.93. The molecule has 0 saturated heterocycles. The summed E-state index contributed by atoms with van der Waals surface area (Å²) < 4.78 is 0. The molecule has 1 aromatic heterocycles. The Morgan fingerprint density at radius 3 is 3.05 bits per heavy atom. The van der Waals surface area contributed by atoms with Crippen molar-refractivity contribution < 1.29 is 4.79 Å². The van der Waals surface area contributed by atoms with Gasteiger partial charge in [-0.2, -0.15) is 0 Å². The molecule has 3 N–H and O–H groups in total. The molecule has 1 atom stereocenters. The van der Waals surface area contributed by atoms with Crippen LogP contribution in [-0.2, 0) is 12.8 Å². The number of amides is 1. The maximum Gasteiger partial charge on any atom is 0.251 e. The molecule has 2 heterocycles. The van der Waals surface area contributed by atoms with Crippen LogP contribution in [0.3, 0.4) is 0 Å². The zero-order valence-electron chi connectivity index (χ0n) is 11.5. The number of fused-ring (bicyclic) bond motifs is 1. The van der Waals surface area contributed by atoms with E-state index < -0.39 is 0 Å². The first-order chi connectivity index (χ1) is 9.70. The summed E-state index contributed by atoms with van der Waals surface area (Å²) in [7, 11) is 0. The SMILES string of the molecule is CCc1ccsc1C(N)c1ccc2c(c1)C(=O)NCC2. The molecule has 104 valence electrons. The second-order valence-corrected chi connectivity index (χ2v) is 6.01. The first kappa shape index (κ1) is 13.3. The minimum atomic E-state index is -0.148. The fraction of sp³-hybridized carbons (Fsp3) is 0.312. The largest absolute Gasteiger partial charge is 0.352 e. The number of rotatable bonds is 3. The van der Waals surface area contributed by atoms with Gasteiger partial charge in [0, 0.05) is 17.0 Å². The van der Waals surface area contributed by atoms with Crippen molar-refractivity contribution in [3.8, 4) is 0 Å². The van der Waals surface area contributed by atoms with E-state index in [1.807, 2.05) is 12.1 Å². The van der Waals surface area contributed by atoms with Gasteiger partial charge in [0.15, 0.2) is 0 Å². The van der Waals surface area contributed by atoms with Crippen molar-refractivity contribution in [2.24, 2.45) is 5.73 Å². The van der Waals surface area contributed by atoms with Crippen molar-refractivity contribution >= 4 is 17.2 Å². The first-order valence-corrected chi connectivity index (χ1v) is 7.81. The van der Waals surface area contributed by atoms with Crippen LogP contribution >= 0.6 is 11.3 Å². The van der Waals surface area contributed by atoms with E-state index in [0.717, 1.165) is 36.1 Å². The number of nitrogens with one attached hydrogen (secondary N) is 1. The number of benzene rings is 1. The topological polar surface area (TPSA) is 55.1 Å². The maximum absolute atomic E-state index is 11.9. The summed E-state index contributed by atoms with van der Waals surface area (Å²) in [6.45, 7) is 2.86. The minimum absolute atomic E-state index is 0.0159. The number of thiophene rings is 1. The number of carbonyl (C=O) groups excluding carboxylic acids is 1. The molecule has 0 radical (unpaired) electrons. The molecule has 0 bridgehead atoms. The Hall–Kier alpha value is -1.65. The van der Waals surface area contributed by atoms with Gasteiger partial charge in [-0.05, 0) is 47.0 Å². The molecule has 4 heteroatoms. The molecule has 2 aromatic rings. The van der Waals surface area contributed by atoms with Crippen LogP contribution in [0.15, 0.2) is 29.6 Å². The van der Waals surface area contributed by atoms with E-state index in [4.69, 9.17) is 5.73 Å². The lowest BCUT2D eigenvalue weighted by atomic mass is 9.94. The summed E-state index contributed by atoms with van der Waals surface area (Å²) in [4.78, 5) is 13.1. The number of carbonyl (C=O) groups is 1. The smallest absolute Gasteiger partial charge is 0.251 e. The zero-order valence-corrected chi connectivity index (χ0v) is 12.3. The third kappa shape index (κ3) is 2.25. The minimum Gasteiger partial charge on any atom is -0.352 e. The molecule has 0 saturated carbocycles. The van der Waals surface area contributed by atoms with Crippen molar-refractivity contribution in [1.82, 2.24) is 5.32 Å². The third-order valence-electron chi connectivity index (χ3n) is 3.86. The van der Waals surface area contributed by atoms with Crippen molar-refractivity contribution in [3.05, 3.63) is 56.8 Å². The zero-order chi connectivity index (χ0) is 14.1. The van der Waals surface area contributed by atoms with E-state index in [1.165, 1.54) is 10.4 Å². The average molecular weight is 286 g/mol. The fourth-order valence-corrected chi connectivity index (χ4v) is 3.71. The van der Waals surface area contributed by atoms with Crippen LogP contribution in [0.4, 0.5) is 0 Å². The molecule has 0 spiro atoms. The molecule has 1 amide bonds. The highest BCUT2D eigenvalue weighted by Gasteiger charge is 2.20. The third-order valence-corrected chi connectivity index (χ3v) is 4.90. The van der Waals surface area contributed by atoms with Gasteiger partial charge in [-0.3, -0.25) is 4.79 Å². The molecule has 1 aliphatic heterocycles. The summed E-state index contributed by atoms with van der Waals surface area (Å²) in [5, 5.41) is 4.97. The van der Waals surface area contributed by atoms with Crippen LogP contribution in [0, 0.1) is 0 Å². The summed E-state index contributed by atoms with van der Waals surface area (Å²) in [5.41, 5.74) is 10.6. The van der Waals surface area contributed by atoms with Crippen LogP contribution in [0.25, 0.3) is 0 Å². The normalized spacial score (nSPS) is 15.6. The van der Waals surface area contributed by atoms with Gasteiger partial charge in [0.1, 0.15) is 0 Å². The van der Waals surface area contributed by atoms with Crippen LogP contribution in [-0.4, -0.2) is 12.5 Å². The number of hydrogen-bond acceptors (Lipinski definition) is 3. The lowest BCUT2D eigenvalue weighted by molar-refractivity contribution is 0.0946. The fourth-order valence-electron chi connectivity index (χ4n) is 2.69. The van der Waals surface area contributed by atoms with Crippen molar-refractivity contribution in [2.75, 3.05) is 6.54 Å². The Morgan fingerprint density at radius 1 is 1.40 bits per heavy atom. The Balaban J connectivity index is 1.98. The highest BCUT2D eigenvalue weighted by atomic mass is 32.1. The Kier molecular flexibility index (Phi) is 3.59. The molecule has 1 aromatic carbocycles. The van der Waals surface area contributed by atoms with Crippen molar-refractivity contribution in [3.63, 3.8) is 0 Å². The van der Waals surface area contributed by atoms with E-state index in [-0.39, 0.29) is 11.9 Å². The molecule has 3 nitrogen and oxygen atoms in total. The second kappa shape index (κ2) is 5.38. The number of hydrogen-bond donors (Lipinski definition) is 2. The highest BCUT2D eigenvalue weighted by molar-refractivity contribution is 7.10. The molecular formula is C16H18N2OS. The quantitative estimate of drug-likeness (QED) is 0.911. The predicted molar refractivity (Wildman–Crippen MR) is 82.2 cm³/mol. The van der Waals surface area contributed by atoms with E-state index >= 15 is 0 Å². The van der Waals surface area contributed by atoms with Gasteiger partial charge in [-0.15, -0.1) is 11.3 Å². The van der Waals surface area contributed by atoms with Crippen LogP contribution < -0.4 is 11.1 Å². The lowest BCUT2D eigenvalue weighted by Crippen LogP contribution is -2.32. The Labute approximate surface area is 122 Å². The number of aryl methyl sites for hydroxylation is 1. The monoisotopic (exact) mass is 286 g/mol. The highest BCUT2D eigenvalue weighted by Crippen LogP contribution is 2.30. The lowest BCUT2D eigenvalue weighted by Gasteiger charge is -2.19. The molecule has 0 fully saturated rings. The van der Waals surface area contributed by atoms with E-state index in [2.05, 4.69) is 29.8 Å². The Bertz CT molecular complexity index is 648. The molecule has 1 unspecified atom stereocenters. The van der Waals surface area contributed by atoms with Gasteiger partial charge in [-0.25, -0.2) is 0 Å². The predicted octanol–water partition coefficient (Wildman–Crippen LogP) is 2.64. The number of nitrogens with two attached hydrogens (primary N) is 1. The molecule has 0 aliphatic carbocycles. The van der Waals surface area contributed by atoms with Crippen molar-refractivity contribution in [2.45, 2.75) is 25.8 Å². The average Bonchev–Trinajstić information content (AvgIpc) is 2.95. The summed E-state index contributed by atoms with van der Waals surface area (Å²) in [6.07, 6.45) is 1.88. The molecular weight excluding hydrogens is 268 g/mol. The van der Waals surface area contributed by atoms with E-state index in [1.54, 1.807) is 11.3 Å². The van der Waals surface area contributed by atoms with Crippen molar-refractivity contribution in [1.29, 1.82) is 0 Å².